The summed E-state index contributed by atoms with van der Waals surface area (Å²) in [5, 5.41) is 8.23. The van der Waals surface area contributed by atoms with Crippen molar-refractivity contribution in [2.24, 2.45) is 0 Å². The molecule has 1 saturated heterocycles. The van der Waals surface area contributed by atoms with Gasteiger partial charge in [0.1, 0.15) is 5.76 Å². The van der Waals surface area contributed by atoms with Crippen molar-refractivity contribution in [3.8, 4) is 11.4 Å². The monoisotopic (exact) mass is 463 g/mol. The number of hydrogen-bond donors (Lipinski definition) is 0. The van der Waals surface area contributed by atoms with Crippen LogP contribution in [0.5, 0.6) is 5.75 Å². The molecule has 11 heteroatoms. The molecule has 176 valence electrons. The molecule has 0 aliphatic carbocycles. The summed E-state index contributed by atoms with van der Waals surface area (Å²) in [6.45, 7) is 6.76. The number of aromatic nitrogens is 3. The predicted octanol–water partition coefficient (Wildman–Crippen LogP) is 3.46. The first-order chi connectivity index (χ1) is 15.7. The molecule has 4 rings (SSSR count). The lowest BCUT2D eigenvalue weighted by Crippen LogP contribution is -2.48. The fraction of sp³-hybridized carbons (Fsp3) is 0.409. The van der Waals surface area contributed by atoms with E-state index in [4.69, 9.17) is 9.26 Å². The Morgan fingerprint density at radius 2 is 1.91 bits per heavy atom. The third-order valence-corrected chi connectivity index (χ3v) is 5.76. The van der Waals surface area contributed by atoms with Gasteiger partial charge in [0.15, 0.2) is 11.4 Å². The molecule has 0 saturated carbocycles. The van der Waals surface area contributed by atoms with Crippen LogP contribution in [0.15, 0.2) is 35.0 Å². The molecule has 2 aromatic heterocycles. The quantitative estimate of drug-likeness (QED) is 0.577. The molecule has 1 amide bonds. The maximum Gasteiger partial charge on any atom is 0.416 e. The minimum atomic E-state index is -4.48. The Hall–Kier alpha value is -3.34. The smallest absolute Gasteiger partial charge is 0.416 e. The van der Waals surface area contributed by atoms with Gasteiger partial charge in [-0.1, -0.05) is 11.2 Å². The third kappa shape index (κ3) is 4.72. The number of alkyl halides is 3. The Balaban J connectivity index is 1.48. The van der Waals surface area contributed by atoms with E-state index >= 15 is 0 Å². The van der Waals surface area contributed by atoms with Gasteiger partial charge in [-0.2, -0.15) is 18.3 Å². The van der Waals surface area contributed by atoms with Crippen LogP contribution in [-0.4, -0.2) is 63.9 Å². The molecule has 0 unspecified atom stereocenters. The van der Waals surface area contributed by atoms with Crippen molar-refractivity contribution in [2.75, 3.05) is 33.3 Å². The van der Waals surface area contributed by atoms with Crippen molar-refractivity contribution < 1.29 is 27.2 Å². The normalized spacial score (nSPS) is 15.2. The highest BCUT2D eigenvalue weighted by molar-refractivity contribution is 5.95. The van der Waals surface area contributed by atoms with E-state index in [9.17, 15) is 18.0 Å². The lowest BCUT2D eigenvalue weighted by molar-refractivity contribution is -0.137. The number of halogens is 3. The highest BCUT2D eigenvalue weighted by Gasteiger charge is 2.31. The first-order valence-electron chi connectivity index (χ1n) is 10.4. The molecule has 3 heterocycles. The number of carbonyl (C=O) groups excluding carboxylic acids is 1. The van der Waals surface area contributed by atoms with Crippen molar-refractivity contribution in [2.45, 2.75) is 26.6 Å². The van der Waals surface area contributed by atoms with Gasteiger partial charge in [0.25, 0.3) is 5.91 Å². The fourth-order valence-corrected chi connectivity index (χ4v) is 3.82. The Morgan fingerprint density at radius 1 is 1.18 bits per heavy atom. The van der Waals surface area contributed by atoms with Crippen molar-refractivity contribution in [1.29, 1.82) is 0 Å². The average Bonchev–Trinajstić information content (AvgIpc) is 3.37. The van der Waals surface area contributed by atoms with Crippen molar-refractivity contribution in [3.05, 3.63) is 58.7 Å². The van der Waals surface area contributed by atoms with Crippen molar-refractivity contribution in [3.63, 3.8) is 0 Å². The standard InChI is InChI=1S/C22H24F3N5O3/c1-14-18(15(2)33-27-14)12-28-7-9-29(10-8-28)21(31)20-19(32-3)13-30(26-20)17-6-4-5-16(11-17)22(23,24)25/h4-6,11,13H,7-10,12H2,1-3H3. The van der Waals surface area contributed by atoms with Gasteiger partial charge in [-0.25, -0.2) is 4.68 Å². The molecule has 0 atom stereocenters. The van der Waals surface area contributed by atoms with E-state index in [0.29, 0.717) is 32.7 Å². The highest BCUT2D eigenvalue weighted by atomic mass is 19.4. The Bertz CT molecular complexity index is 1130. The first-order valence-corrected chi connectivity index (χ1v) is 10.4. The minimum Gasteiger partial charge on any atom is -0.493 e. The maximum atomic E-state index is 13.1. The Morgan fingerprint density at radius 3 is 2.52 bits per heavy atom. The van der Waals surface area contributed by atoms with E-state index in [1.165, 1.54) is 30.1 Å². The van der Waals surface area contributed by atoms with Gasteiger partial charge in [0, 0.05) is 38.3 Å². The number of benzene rings is 1. The zero-order chi connectivity index (χ0) is 23.8. The molecule has 0 N–H and O–H groups in total. The molecule has 1 aliphatic heterocycles. The zero-order valence-electron chi connectivity index (χ0n) is 18.5. The molecule has 1 aliphatic rings. The summed E-state index contributed by atoms with van der Waals surface area (Å²) in [5.41, 5.74) is 1.37. The molecule has 1 fully saturated rings. The van der Waals surface area contributed by atoms with E-state index in [0.717, 1.165) is 29.2 Å². The minimum absolute atomic E-state index is 0.0640. The third-order valence-electron chi connectivity index (χ3n) is 5.76. The first kappa shape index (κ1) is 22.8. The second-order valence-electron chi connectivity index (χ2n) is 7.91. The summed E-state index contributed by atoms with van der Waals surface area (Å²) in [5.74, 6) is 0.668. The van der Waals surface area contributed by atoms with Gasteiger partial charge < -0.3 is 14.2 Å². The van der Waals surface area contributed by atoms with Gasteiger partial charge in [0.2, 0.25) is 0 Å². The lowest BCUT2D eigenvalue weighted by Gasteiger charge is -2.34. The number of aryl methyl sites for hydroxylation is 2. The van der Waals surface area contributed by atoms with Crippen LogP contribution in [0.4, 0.5) is 13.2 Å². The lowest BCUT2D eigenvalue weighted by atomic mass is 10.1. The van der Waals surface area contributed by atoms with Crippen LogP contribution in [-0.2, 0) is 12.7 Å². The largest absolute Gasteiger partial charge is 0.493 e. The van der Waals surface area contributed by atoms with Crippen LogP contribution in [0.1, 0.15) is 33.1 Å². The molecule has 0 spiro atoms. The number of amides is 1. The number of hydrogen-bond acceptors (Lipinski definition) is 6. The SMILES string of the molecule is COc1cn(-c2cccc(C(F)(F)F)c2)nc1C(=O)N1CCN(Cc2c(C)noc2C)CC1. The van der Waals surface area contributed by atoms with E-state index in [2.05, 4.69) is 15.2 Å². The summed E-state index contributed by atoms with van der Waals surface area (Å²) in [7, 11) is 1.39. The van der Waals surface area contributed by atoms with E-state index < -0.39 is 11.7 Å². The Labute approximate surface area is 188 Å². The molecule has 1 aromatic carbocycles. The van der Waals surface area contributed by atoms with Gasteiger partial charge in [0.05, 0.1) is 30.3 Å². The molecule has 8 nitrogen and oxygen atoms in total. The predicted molar refractivity (Wildman–Crippen MR) is 112 cm³/mol. The average molecular weight is 463 g/mol. The van der Waals surface area contributed by atoms with Gasteiger partial charge in [-0.3, -0.25) is 9.69 Å². The molecular formula is C22H24F3N5O3. The molecule has 0 bridgehead atoms. The Kier molecular flexibility index (Phi) is 6.15. The zero-order valence-corrected chi connectivity index (χ0v) is 18.5. The number of piperazine rings is 1. The second kappa shape index (κ2) is 8.89. The molecule has 33 heavy (non-hydrogen) atoms. The van der Waals surface area contributed by atoms with Crippen LogP contribution in [0.25, 0.3) is 5.69 Å². The van der Waals surface area contributed by atoms with Crippen LogP contribution < -0.4 is 4.74 Å². The number of ether oxygens (including phenoxy) is 1. The highest BCUT2D eigenvalue weighted by Crippen LogP contribution is 2.31. The maximum absolute atomic E-state index is 13.1. The second-order valence-corrected chi connectivity index (χ2v) is 7.91. The van der Waals surface area contributed by atoms with Crippen LogP contribution in [0.2, 0.25) is 0 Å². The molecular weight excluding hydrogens is 439 g/mol. The summed E-state index contributed by atoms with van der Waals surface area (Å²) in [6.07, 6.45) is -3.06. The van der Waals surface area contributed by atoms with E-state index in [-0.39, 0.29) is 23.0 Å². The fourth-order valence-electron chi connectivity index (χ4n) is 3.82. The van der Waals surface area contributed by atoms with Gasteiger partial charge >= 0.3 is 6.18 Å². The number of methoxy groups -OCH3 is 1. The number of nitrogens with zero attached hydrogens (tertiary/aromatic N) is 5. The van der Waals surface area contributed by atoms with Crippen LogP contribution in [0, 0.1) is 13.8 Å². The number of carbonyl (C=O) groups is 1. The molecule has 0 radical (unpaired) electrons. The summed E-state index contributed by atoms with van der Waals surface area (Å²) in [6, 6.07) is 4.75. The van der Waals surface area contributed by atoms with Gasteiger partial charge in [-0.15, -0.1) is 0 Å². The van der Waals surface area contributed by atoms with Crippen molar-refractivity contribution in [1.82, 2.24) is 24.7 Å². The molecule has 3 aromatic rings. The summed E-state index contributed by atoms with van der Waals surface area (Å²) >= 11 is 0. The van der Waals surface area contributed by atoms with Gasteiger partial charge in [-0.05, 0) is 32.0 Å². The summed E-state index contributed by atoms with van der Waals surface area (Å²) < 4.78 is 51.0. The van der Waals surface area contributed by atoms with E-state index in [1.54, 1.807) is 4.90 Å². The van der Waals surface area contributed by atoms with Crippen LogP contribution >= 0.6 is 0 Å². The van der Waals surface area contributed by atoms with Crippen LogP contribution in [0.3, 0.4) is 0 Å². The topological polar surface area (TPSA) is 76.6 Å². The summed E-state index contributed by atoms with van der Waals surface area (Å²) in [4.78, 5) is 17.0. The van der Waals surface area contributed by atoms with Crippen molar-refractivity contribution >= 4 is 5.91 Å². The number of rotatable bonds is 5. The van der Waals surface area contributed by atoms with E-state index in [1.807, 2.05) is 13.8 Å².